The van der Waals surface area contributed by atoms with Crippen LogP contribution in [0.2, 0.25) is 0 Å². The average molecular weight is 287 g/mol. The van der Waals surface area contributed by atoms with Crippen molar-refractivity contribution in [1.29, 1.82) is 0 Å². The lowest BCUT2D eigenvalue weighted by Crippen LogP contribution is -2.11. The van der Waals surface area contributed by atoms with Gasteiger partial charge in [0.05, 0.1) is 11.0 Å². The first-order valence-electron chi connectivity index (χ1n) is 8.17. The van der Waals surface area contributed by atoms with Crippen LogP contribution in [0.15, 0.2) is 18.2 Å². The first kappa shape index (κ1) is 15.9. The minimum atomic E-state index is 0.422. The maximum Gasteiger partial charge on any atom is 0.112 e. The summed E-state index contributed by atoms with van der Waals surface area (Å²) in [6.07, 6.45) is 3.76. The molecule has 0 spiro atoms. The van der Waals surface area contributed by atoms with Gasteiger partial charge in [-0.25, -0.2) is 4.98 Å². The molecule has 0 aliphatic heterocycles. The van der Waals surface area contributed by atoms with Gasteiger partial charge in [0.2, 0.25) is 0 Å². The van der Waals surface area contributed by atoms with Gasteiger partial charge in [-0.05, 0) is 37.5 Å². The van der Waals surface area contributed by atoms with E-state index in [0.717, 1.165) is 17.1 Å². The lowest BCUT2D eigenvalue weighted by atomic mass is 10.0. The molecule has 1 heterocycles. The molecule has 0 bridgehead atoms. The van der Waals surface area contributed by atoms with E-state index < -0.39 is 0 Å². The fraction of sp³-hybridized carbons (Fsp3) is 0.611. The minimum absolute atomic E-state index is 0.422. The first-order chi connectivity index (χ1) is 9.90. The highest BCUT2D eigenvalue weighted by atomic mass is 15.1. The van der Waals surface area contributed by atoms with Gasteiger partial charge in [-0.3, -0.25) is 0 Å². The Morgan fingerprint density at radius 3 is 2.43 bits per heavy atom. The molecule has 0 fully saturated rings. The number of benzene rings is 1. The summed E-state index contributed by atoms with van der Waals surface area (Å²) >= 11 is 0. The molecule has 116 valence electrons. The van der Waals surface area contributed by atoms with Gasteiger partial charge < -0.3 is 10.3 Å². The van der Waals surface area contributed by atoms with Crippen LogP contribution in [0.4, 0.5) is 5.69 Å². The van der Waals surface area contributed by atoms with Crippen molar-refractivity contribution in [2.75, 3.05) is 5.73 Å². The Kier molecular flexibility index (Phi) is 4.92. The van der Waals surface area contributed by atoms with E-state index in [0.29, 0.717) is 12.0 Å². The van der Waals surface area contributed by atoms with Gasteiger partial charge in [-0.2, -0.15) is 0 Å². The number of nitrogens with zero attached hydrogens (tertiary/aromatic N) is 2. The highest BCUT2D eigenvalue weighted by molar-refractivity contribution is 5.80. The van der Waals surface area contributed by atoms with Crippen molar-refractivity contribution in [3.05, 3.63) is 24.0 Å². The third-order valence-corrected chi connectivity index (χ3v) is 4.10. The molecule has 0 saturated carbocycles. The molecule has 2 aromatic rings. The first-order valence-corrected chi connectivity index (χ1v) is 8.17. The van der Waals surface area contributed by atoms with E-state index in [1.54, 1.807) is 0 Å². The van der Waals surface area contributed by atoms with Crippen molar-refractivity contribution in [2.45, 2.75) is 65.8 Å². The summed E-state index contributed by atoms with van der Waals surface area (Å²) < 4.78 is 2.42. The zero-order valence-corrected chi connectivity index (χ0v) is 14.1. The highest BCUT2D eigenvalue weighted by Crippen LogP contribution is 2.29. The van der Waals surface area contributed by atoms with Crippen LogP contribution in [-0.4, -0.2) is 9.55 Å². The molecule has 2 N–H and O–H groups in total. The standard InChI is InChI=1S/C18H29N3/c1-12(2)7-6-8-14(5)21-17-10-9-15(19)11-16(17)20-18(21)13(3)4/h9-14H,6-8,19H2,1-5H3. The van der Waals surface area contributed by atoms with Gasteiger partial charge in [0, 0.05) is 17.6 Å². The lowest BCUT2D eigenvalue weighted by Gasteiger charge is -2.19. The SMILES string of the molecule is CC(C)CCCC(C)n1c(C(C)C)nc2cc(N)ccc21. The van der Waals surface area contributed by atoms with E-state index in [2.05, 4.69) is 45.3 Å². The summed E-state index contributed by atoms with van der Waals surface area (Å²) in [4.78, 5) is 4.82. The summed E-state index contributed by atoms with van der Waals surface area (Å²) in [5.41, 5.74) is 8.92. The van der Waals surface area contributed by atoms with E-state index in [1.165, 1.54) is 30.6 Å². The fourth-order valence-corrected chi connectivity index (χ4v) is 2.96. The minimum Gasteiger partial charge on any atom is -0.399 e. The Morgan fingerprint density at radius 1 is 1.10 bits per heavy atom. The number of nitrogens with two attached hydrogens (primary N) is 1. The number of hydrogen-bond acceptors (Lipinski definition) is 2. The van der Waals surface area contributed by atoms with Crippen LogP contribution >= 0.6 is 0 Å². The maximum atomic E-state index is 5.90. The molecular weight excluding hydrogens is 258 g/mol. The summed E-state index contributed by atoms with van der Waals surface area (Å²) in [5.74, 6) is 2.37. The normalized spacial score (nSPS) is 13.5. The molecule has 2 rings (SSSR count). The Labute approximate surface area is 128 Å². The quantitative estimate of drug-likeness (QED) is 0.748. The van der Waals surface area contributed by atoms with E-state index in [4.69, 9.17) is 10.7 Å². The van der Waals surface area contributed by atoms with Crippen LogP contribution < -0.4 is 5.73 Å². The third kappa shape index (κ3) is 3.58. The summed E-state index contributed by atoms with van der Waals surface area (Å²) in [6.45, 7) is 11.3. The molecule has 0 radical (unpaired) electrons. The number of hydrogen-bond donors (Lipinski definition) is 1. The van der Waals surface area contributed by atoms with E-state index in [-0.39, 0.29) is 0 Å². The van der Waals surface area contributed by atoms with Crippen molar-refractivity contribution >= 4 is 16.7 Å². The predicted molar refractivity (Wildman–Crippen MR) is 91.6 cm³/mol. The molecule has 1 aromatic carbocycles. The molecule has 0 aliphatic rings. The van der Waals surface area contributed by atoms with Crippen LogP contribution in [0.5, 0.6) is 0 Å². The monoisotopic (exact) mass is 287 g/mol. The van der Waals surface area contributed by atoms with E-state index in [9.17, 15) is 0 Å². The predicted octanol–water partition coefficient (Wildman–Crippen LogP) is 5.13. The Morgan fingerprint density at radius 2 is 1.81 bits per heavy atom. The number of nitrogen functional groups attached to an aromatic ring is 1. The molecule has 1 aromatic heterocycles. The van der Waals surface area contributed by atoms with Gasteiger partial charge in [-0.1, -0.05) is 40.5 Å². The average Bonchev–Trinajstić information content (AvgIpc) is 2.76. The zero-order chi connectivity index (χ0) is 15.6. The van der Waals surface area contributed by atoms with Crippen molar-refractivity contribution in [1.82, 2.24) is 9.55 Å². The molecule has 1 atom stereocenters. The van der Waals surface area contributed by atoms with Crippen molar-refractivity contribution < 1.29 is 0 Å². The Bertz CT molecular complexity index is 596. The lowest BCUT2D eigenvalue weighted by molar-refractivity contribution is 0.440. The van der Waals surface area contributed by atoms with Gasteiger partial charge in [0.25, 0.3) is 0 Å². The molecule has 3 heteroatoms. The Hall–Kier alpha value is -1.51. The van der Waals surface area contributed by atoms with Crippen molar-refractivity contribution in [2.24, 2.45) is 5.92 Å². The number of anilines is 1. The van der Waals surface area contributed by atoms with Crippen LogP contribution in [0.3, 0.4) is 0 Å². The number of rotatable bonds is 6. The molecule has 0 amide bonds. The van der Waals surface area contributed by atoms with Crippen LogP contribution in [0, 0.1) is 5.92 Å². The second-order valence-corrected chi connectivity index (χ2v) is 6.92. The fourth-order valence-electron chi connectivity index (χ4n) is 2.96. The smallest absolute Gasteiger partial charge is 0.112 e. The van der Waals surface area contributed by atoms with Crippen LogP contribution in [0.25, 0.3) is 11.0 Å². The topological polar surface area (TPSA) is 43.8 Å². The third-order valence-electron chi connectivity index (χ3n) is 4.10. The zero-order valence-electron chi connectivity index (χ0n) is 14.1. The molecule has 1 unspecified atom stereocenters. The van der Waals surface area contributed by atoms with Gasteiger partial charge in [0.15, 0.2) is 0 Å². The highest BCUT2D eigenvalue weighted by Gasteiger charge is 2.18. The number of fused-ring (bicyclic) bond motifs is 1. The van der Waals surface area contributed by atoms with Gasteiger partial charge in [-0.15, -0.1) is 0 Å². The van der Waals surface area contributed by atoms with E-state index in [1.807, 2.05) is 12.1 Å². The maximum absolute atomic E-state index is 5.90. The molecule has 21 heavy (non-hydrogen) atoms. The van der Waals surface area contributed by atoms with Gasteiger partial charge >= 0.3 is 0 Å². The van der Waals surface area contributed by atoms with Crippen LogP contribution in [0.1, 0.15) is 71.7 Å². The molecule has 3 nitrogen and oxygen atoms in total. The van der Waals surface area contributed by atoms with Crippen molar-refractivity contribution in [3.63, 3.8) is 0 Å². The Balaban J connectivity index is 2.33. The summed E-state index contributed by atoms with van der Waals surface area (Å²) in [6, 6.07) is 6.56. The second kappa shape index (κ2) is 6.50. The van der Waals surface area contributed by atoms with Crippen LogP contribution in [-0.2, 0) is 0 Å². The summed E-state index contributed by atoms with van der Waals surface area (Å²) in [7, 11) is 0. The van der Waals surface area contributed by atoms with E-state index >= 15 is 0 Å². The number of aromatic nitrogens is 2. The molecular formula is C18H29N3. The number of imidazole rings is 1. The molecule has 0 saturated heterocycles. The molecule has 0 aliphatic carbocycles. The largest absolute Gasteiger partial charge is 0.399 e. The summed E-state index contributed by atoms with van der Waals surface area (Å²) in [5, 5.41) is 0. The van der Waals surface area contributed by atoms with Crippen molar-refractivity contribution in [3.8, 4) is 0 Å². The second-order valence-electron chi connectivity index (χ2n) is 6.92. The van der Waals surface area contributed by atoms with Gasteiger partial charge in [0.1, 0.15) is 5.82 Å².